The number of rotatable bonds is 12. The summed E-state index contributed by atoms with van der Waals surface area (Å²) in [7, 11) is 0. The third kappa shape index (κ3) is 5.75. The second kappa shape index (κ2) is 11.7. The predicted molar refractivity (Wildman–Crippen MR) is 149 cm³/mol. The van der Waals surface area contributed by atoms with Gasteiger partial charge in [-0.2, -0.15) is 8.75 Å². The van der Waals surface area contributed by atoms with Crippen molar-refractivity contribution in [3.05, 3.63) is 45.1 Å². The van der Waals surface area contributed by atoms with Gasteiger partial charge < -0.3 is 0 Å². The largest absolute Gasteiger partial charge is 0.172 e. The first-order valence-electron chi connectivity index (χ1n) is 12.6. The van der Waals surface area contributed by atoms with Gasteiger partial charge in [-0.15, -0.1) is 22.7 Å². The van der Waals surface area contributed by atoms with Crippen LogP contribution in [0.25, 0.3) is 31.9 Å². The van der Waals surface area contributed by atoms with Gasteiger partial charge in [-0.25, -0.2) is 0 Å². The summed E-state index contributed by atoms with van der Waals surface area (Å²) in [5.74, 6) is 0. The van der Waals surface area contributed by atoms with E-state index in [9.17, 15) is 0 Å². The van der Waals surface area contributed by atoms with Crippen LogP contribution in [0.2, 0.25) is 0 Å². The van der Waals surface area contributed by atoms with Gasteiger partial charge in [-0.3, -0.25) is 0 Å². The SMILES string of the molecule is CCCCCCc1cc(C)sc1-c1ccc(-c2sc(C)cc2CCCCCC)c2nsnc12. The highest BCUT2D eigenvalue weighted by molar-refractivity contribution is 7.16. The average Bonchev–Trinajstić information content (AvgIpc) is 3.52. The number of aromatic nitrogens is 2. The second-order valence-corrected chi connectivity index (χ2v) is 12.2. The third-order valence-electron chi connectivity index (χ3n) is 6.37. The predicted octanol–water partition coefficient (Wildman–Crippen LogP) is 10.0. The number of unbranched alkanes of at least 4 members (excludes halogenated alkanes) is 6. The summed E-state index contributed by atoms with van der Waals surface area (Å²) in [6.45, 7) is 9.01. The smallest absolute Gasteiger partial charge is 0.114 e. The van der Waals surface area contributed by atoms with Crippen molar-refractivity contribution in [1.29, 1.82) is 0 Å². The molecule has 0 aliphatic carbocycles. The van der Waals surface area contributed by atoms with Crippen LogP contribution in [0.15, 0.2) is 24.3 Å². The summed E-state index contributed by atoms with van der Waals surface area (Å²) in [5.41, 5.74) is 7.67. The Kier molecular flexibility index (Phi) is 8.72. The number of thiophene rings is 2. The number of hydrogen-bond acceptors (Lipinski definition) is 5. The number of fused-ring (bicyclic) bond motifs is 1. The Labute approximate surface area is 211 Å². The lowest BCUT2D eigenvalue weighted by Gasteiger charge is -2.09. The molecule has 0 spiro atoms. The summed E-state index contributed by atoms with van der Waals surface area (Å²) < 4.78 is 9.61. The summed E-state index contributed by atoms with van der Waals surface area (Å²) in [4.78, 5) is 5.57. The van der Waals surface area contributed by atoms with Gasteiger partial charge in [0.15, 0.2) is 0 Å². The lowest BCUT2D eigenvalue weighted by molar-refractivity contribution is 0.668. The first-order chi connectivity index (χ1) is 16.1. The molecule has 0 atom stereocenters. The molecule has 0 bridgehead atoms. The van der Waals surface area contributed by atoms with E-state index in [0.717, 1.165) is 23.9 Å². The van der Waals surface area contributed by atoms with Crippen LogP contribution in [-0.2, 0) is 12.8 Å². The Morgan fingerprint density at radius 3 is 1.52 bits per heavy atom. The molecule has 176 valence electrons. The molecule has 0 radical (unpaired) electrons. The molecular formula is C28H36N2S3. The monoisotopic (exact) mass is 496 g/mol. The lowest BCUT2D eigenvalue weighted by Crippen LogP contribution is -1.90. The fourth-order valence-electron chi connectivity index (χ4n) is 4.68. The molecule has 0 N–H and O–H groups in total. The number of aryl methyl sites for hydroxylation is 4. The van der Waals surface area contributed by atoms with Gasteiger partial charge in [0, 0.05) is 30.6 Å². The minimum atomic E-state index is 1.08. The van der Waals surface area contributed by atoms with Crippen LogP contribution in [0.3, 0.4) is 0 Å². The van der Waals surface area contributed by atoms with Gasteiger partial charge in [0.05, 0.1) is 11.7 Å². The Hall–Kier alpha value is -1.56. The van der Waals surface area contributed by atoms with E-state index >= 15 is 0 Å². The average molecular weight is 497 g/mol. The maximum absolute atomic E-state index is 4.81. The van der Waals surface area contributed by atoms with Crippen molar-refractivity contribution in [2.45, 2.75) is 91.9 Å². The highest BCUT2D eigenvalue weighted by Crippen LogP contribution is 2.42. The number of nitrogens with zero attached hydrogens (tertiary/aromatic N) is 2. The van der Waals surface area contributed by atoms with Crippen LogP contribution >= 0.6 is 34.4 Å². The number of benzene rings is 1. The standard InChI is InChI=1S/C28H36N2S3/c1-5-7-9-11-13-21-17-19(3)31-27(21)23-15-16-24(26-25(23)29-33-30-26)28-22(18-20(4)32-28)14-12-10-8-6-2/h15-18H,5-14H2,1-4H3. The molecule has 3 heterocycles. The topological polar surface area (TPSA) is 25.8 Å². The Bertz CT molecular complexity index is 1090. The van der Waals surface area contributed by atoms with Gasteiger partial charge in [0.25, 0.3) is 0 Å². The van der Waals surface area contributed by atoms with Gasteiger partial charge in [-0.1, -0.05) is 64.5 Å². The van der Waals surface area contributed by atoms with E-state index in [1.54, 1.807) is 0 Å². The summed E-state index contributed by atoms with van der Waals surface area (Å²) in [5, 5.41) is 0. The zero-order valence-corrected chi connectivity index (χ0v) is 22.9. The molecule has 1 aromatic carbocycles. The van der Waals surface area contributed by atoms with Crippen molar-refractivity contribution in [2.75, 3.05) is 0 Å². The third-order valence-corrected chi connectivity index (χ3v) is 9.15. The van der Waals surface area contributed by atoms with Crippen LogP contribution in [0.5, 0.6) is 0 Å². The molecule has 0 aliphatic rings. The first kappa shape index (κ1) is 24.6. The van der Waals surface area contributed by atoms with E-state index in [2.05, 4.69) is 52.0 Å². The maximum Gasteiger partial charge on any atom is 0.114 e. The zero-order chi connectivity index (χ0) is 23.2. The van der Waals surface area contributed by atoms with E-state index in [1.165, 1.54) is 105 Å². The Morgan fingerprint density at radius 1 is 0.636 bits per heavy atom. The van der Waals surface area contributed by atoms with Gasteiger partial charge >= 0.3 is 0 Å². The van der Waals surface area contributed by atoms with Gasteiger partial charge in [-0.05, 0) is 62.8 Å². The molecule has 0 saturated carbocycles. The van der Waals surface area contributed by atoms with Gasteiger partial charge in [0.1, 0.15) is 11.0 Å². The molecule has 3 aromatic heterocycles. The van der Waals surface area contributed by atoms with Crippen molar-refractivity contribution < 1.29 is 0 Å². The molecule has 4 rings (SSSR count). The van der Waals surface area contributed by atoms with E-state index in [4.69, 9.17) is 8.75 Å². The molecule has 2 nitrogen and oxygen atoms in total. The lowest BCUT2D eigenvalue weighted by atomic mass is 9.98. The fourth-order valence-corrected chi connectivity index (χ4v) is 7.43. The van der Waals surface area contributed by atoms with Crippen LogP contribution in [0, 0.1) is 13.8 Å². The molecule has 0 unspecified atom stereocenters. The fraction of sp³-hybridized carbons (Fsp3) is 0.500. The molecule has 0 fully saturated rings. The zero-order valence-electron chi connectivity index (χ0n) is 20.5. The molecule has 5 heteroatoms. The van der Waals surface area contributed by atoms with Crippen LogP contribution < -0.4 is 0 Å². The second-order valence-electron chi connectivity index (χ2n) is 9.17. The summed E-state index contributed by atoms with van der Waals surface area (Å²) >= 11 is 5.18. The van der Waals surface area contributed by atoms with Crippen LogP contribution in [0.1, 0.15) is 86.1 Å². The molecular weight excluding hydrogens is 461 g/mol. The van der Waals surface area contributed by atoms with Crippen molar-refractivity contribution in [3.63, 3.8) is 0 Å². The van der Waals surface area contributed by atoms with Crippen molar-refractivity contribution in [1.82, 2.24) is 8.75 Å². The minimum absolute atomic E-state index is 1.08. The van der Waals surface area contributed by atoms with E-state index in [1.807, 2.05) is 22.7 Å². The molecule has 0 aliphatic heterocycles. The van der Waals surface area contributed by atoms with E-state index in [-0.39, 0.29) is 0 Å². The first-order valence-corrected chi connectivity index (χ1v) is 14.9. The van der Waals surface area contributed by atoms with Crippen molar-refractivity contribution >= 4 is 45.4 Å². The maximum atomic E-state index is 4.81. The Balaban J connectivity index is 1.68. The van der Waals surface area contributed by atoms with Crippen molar-refractivity contribution in [3.8, 4) is 20.9 Å². The van der Waals surface area contributed by atoms with E-state index < -0.39 is 0 Å². The highest BCUT2D eigenvalue weighted by atomic mass is 32.1. The molecule has 0 amide bonds. The van der Waals surface area contributed by atoms with E-state index in [0.29, 0.717) is 0 Å². The molecule has 33 heavy (non-hydrogen) atoms. The Morgan fingerprint density at radius 2 is 1.09 bits per heavy atom. The van der Waals surface area contributed by atoms with Gasteiger partial charge in [0.2, 0.25) is 0 Å². The van der Waals surface area contributed by atoms with Crippen LogP contribution in [0.4, 0.5) is 0 Å². The van der Waals surface area contributed by atoms with Crippen molar-refractivity contribution in [2.24, 2.45) is 0 Å². The summed E-state index contributed by atoms with van der Waals surface area (Å²) in [6, 6.07) is 9.41. The molecule has 4 aromatic rings. The van der Waals surface area contributed by atoms with Crippen LogP contribution in [-0.4, -0.2) is 8.75 Å². The summed E-state index contributed by atoms with van der Waals surface area (Å²) in [6.07, 6.45) is 12.7. The minimum Gasteiger partial charge on any atom is -0.172 e. The quantitative estimate of drug-likeness (QED) is 0.182. The molecule has 0 saturated heterocycles. The number of hydrogen-bond donors (Lipinski definition) is 0. The normalized spacial score (nSPS) is 11.6. The highest BCUT2D eigenvalue weighted by Gasteiger charge is 2.20.